The predicted octanol–water partition coefficient (Wildman–Crippen LogP) is 4.59. The van der Waals surface area contributed by atoms with Crippen LogP contribution in [0.25, 0.3) is 0 Å². The van der Waals surface area contributed by atoms with E-state index in [-0.39, 0.29) is 16.9 Å². The molecule has 108 valence electrons. The zero-order chi connectivity index (χ0) is 14.3. The van der Waals surface area contributed by atoms with E-state index in [1.54, 1.807) is 6.07 Å². The summed E-state index contributed by atoms with van der Waals surface area (Å²) < 4.78 is 13.5. The van der Waals surface area contributed by atoms with E-state index >= 15 is 0 Å². The molecule has 2 nitrogen and oxygen atoms in total. The van der Waals surface area contributed by atoms with E-state index in [1.165, 1.54) is 25.3 Å². The highest BCUT2D eigenvalue weighted by atomic mass is 35.5. The summed E-state index contributed by atoms with van der Waals surface area (Å²) in [7, 11) is 0. The molecule has 0 saturated carbocycles. The van der Waals surface area contributed by atoms with Gasteiger partial charge >= 0.3 is 0 Å². The van der Waals surface area contributed by atoms with Crippen LogP contribution in [-0.2, 0) is 0 Å². The van der Waals surface area contributed by atoms with Crippen molar-refractivity contribution in [3.63, 3.8) is 0 Å². The summed E-state index contributed by atoms with van der Waals surface area (Å²) in [6.07, 6.45) is 5.67. The van der Waals surface area contributed by atoms with E-state index in [9.17, 15) is 4.39 Å². The van der Waals surface area contributed by atoms with Crippen LogP contribution in [0.5, 0.6) is 0 Å². The minimum atomic E-state index is -0.388. The number of hydrogen-bond donors (Lipinski definition) is 2. The van der Waals surface area contributed by atoms with E-state index in [4.69, 9.17) is 17.4 Å². The molecule has 0 aliphatic heterocycles. The highest BCUT2D eigenvalue weighted by Crippen LogP contribution is 2.28. The van der Waals surface area contributed by atoms with E-state index in [2.05, 4.69) is 19.3 Å². The lowest BCUT2D eigenvalue weighted by atomic mass is 9.89. The summed E-state index contributed by atoms with van der Waals surface area (Å²) in [5, 5.41) is 0.151. The van der Waals surface area contributed by atoms with Gasteiger partial charge in [-0.05, 0) is 30.0 Å². The van der Waals surface area contributed by atoms with E-state index in [1.807, 2.05) is 6.07 Å². The minimum Gasteiger partial charge on any atom is -0.271 e. The number of unbranched alkanes of at least 4 members (excludes halogenated alkanes) is 1. The van der Waals surface area contributed by atoms with Crippen LogP contribution in [0.15, 0.2) is 18.2 Å². The number of halogens is 2. The van der Waals surface area contributed by atoms with Gasteiger partial charge in [0.05, 0.1) is 5.02 Å². The van der Waals surface area contributed by atoms with Crippen LogP contribution in [0.3, 0.4) is 0 Å². The van der Waals surface area contributed by atoms with Crippen LogP contribution in [0.2, 0.25) is 5.02 Å². The zero-order valence-corrected chi connectivity index (χ0v) is 12.5. The average molecular weight is 287 g/mol. The summed E-state index contributed by atoms with van der Waals surface area (Å²) in [5.41, 5.74) is 3.66. The Morgan fingerprint density at radius 1 is 1.37 bits per heavy atom. The van der Waals surface area contributed by atoms with Crippen molar-refractivity contribution >= 4 is 11.6 Å². The Labute approximate surface area is 120 Å². The minimum absolute atomic E-state index is 0.0198. The van der Waals surface area contributed by atoms with Crippen molar-refractivity contribution in [2.75, 3.05) is 0 Å². The Morgan fingerprint density at radius 3 is 2.63 bits per heavy atom. The fourth-order valence-electron chi connectivity index (χ4n) is 2.34. The maximum Gasteiger partial charge on any atom is 0.142 e. The zero-order valence-electron chi connectivity index (χ0n) is 11.8. The van der Waals surface area contributed by atoms with Gasteiger partial charge in [-0.25, -0.2) is 4.39 Å². The van der Waals surface area contributed by atoms with E-state index in [0.717, 1.165) is 18.4 Å². The molecule has 1 aromatic rings. The number of rotatable bonds is 8. The lowest BCUT2D eigenvalue weighted by Crippen LogP contribution is -2.29. The Bertz CT molecular complexity index is 384. The van der Waals surface area contributed by atoms with Gasteiger partial charge < -0.3 is 0 Å². The third kappa shape index (κ3) is 5.09. The van der Waals surface area contributed by atoms with Gasteiger partial charge in [-0.15, -0.1) is 0 Å². The smallest absolute Gasteiger partial charge is 0.142 e. The topological polar surface area (TPSA) is 38.0 Å². The molecule has 3 N–H and O–H groups in total. The van der Waals surface area contributed by atoms with Gasteiger partial charge in [-0.3, -0.25) is 11.3 Å². The number of hydrogen-bond acceptors (Lipinski definition) is 2. The van der Waals surface area contributed by atoms with Crippen molar-refractivity contribution in [1.29, 1.82) is 0 Å². The fraction of sp³-hybridized carbons (Fsp3) is 0.600. The number of hydrazine groups is 1. The molecule has 19 heavy (non-hydrogen) atoms. The molecule has 2 unspecified atom stereocenters. The highest BCUT2D eigenvalue weighted by molar-refractivity contribution is 6.30. The SMILES string of the molecule is CCCCC(CC)CC(NN)c1ccc(Cl)c(F)c1. The largest absolute Gasteiger partial charge is 0.271 e. The monoisotopic (exact) mass is 286 g/mol. The van der Waals surface area contributed by atoms with Crippen molar-refractivity contribution in [2.45, 2.75) is 52.0 Å². The molecule has 0 aliphatic carbocycles. The van der Waals surface area contributed by atoms with Crippen LogP contribution >= 0.6 is 11.6 Å². The second-order valence-corrected chi connectivity index (χ2v) is 5.45. The highest BCUT2D eigenvalue weighted by Gasteiger charge is 2.17. The first kappa shape index (κ1) is 16.4. The molecule has 0 bridgehead atoms. The maximum atomic E-state index is 13.5. The molecule has 0 spiro atoms. The first-order valence-corrected chi connectivity index (χ1v) is 7.41. The second kappa shape index (κ2) is 8.51. The molecular weight excluding hydrogens is 263 g/mol. The van der Waals surface area contributed by atoms with Crippen LogP contribution in [0.4, 0.5) is 4.39 Å². The van der Waals surface area contributed by atoms with E-state index < -0.39 is 0 Å². The Morgan fingerprint density at radius 2 is 2.11 bits per heavy atom. The van der Waals surface area contributed by atoms with Gasteiger partial charge in [0.15, 0.2) is 0 Å². The van der Waals surface area contributed by atoms with Gasteiger partial charge in [0.25, 0.3) is 0 Å². The summed E-state index contributed by atoms with van der Waals surface area (Å²) in [6.45, 7) is 4.39. The quantitative estimate of drug-likeness (QED) is 0.542. The molecule has 1 rings (SSSR count). The molecule has 0 fully saturated rings. The Balaban J connectivity index is 2.72. The van der Waals surface area contributed by atoms with E-state index in [0.29, 0.717) is 5.92 Å². The third-order valence-corrected chi connectivity index (χ3v) is 3.97. The van der Waals surface area contributed by atoms with Crippen molar-refractivity contribution in [1.82, 2.24) is 5.43 Å². The standard InChI is InChI=1S/C15H24ClFN2/c1-3-5-6-11(4-2)9-15(19-18)12-7-8-13(16)14(17)10-12/h7-8,10-11,15,19H,3-6,9,18H2,1-2H3. The lowest BCUT2D eigenvalue weighted by Gasteiger charge is -2.22. The number of nitrogens with two attached hydrogens (primary N) is 1. The molecule has 4 heteroatoms. The molecular formula is C15H24ClFN2. The molecule has 0 aliphatic rings. The summed E-state index contributed by atoms with van der Waals surface area (Å²) in [4.78, 5) is 0. The fourth-order valence-corrected chi connectivity index (χ4v) is 2.46. The first-order chi connectivity index (χ1) is 9.12. The Kier molecular flexibility index (Phi) is 7.36. The maximum absolute atomic E-state index is 13.5. The second-order valence-electron chi connectivity index (χ2n) is 5.05. The lowest BCUT2D eigenvalue weighted by molar-refractivity contribution is 0.356. The summed E-state index contributed by atoms with van der Waals surface area (Å²) in [5.74, 6) is 5.84. The number of benzene rings is 1. The predicted molar refractivity (Wildman–Crippen MR) is 79.4 cm³/mol. The van der Waals surface area contributed by atoms with Crippen LogP contribution in [0.1, 0.15) is 57.6 Å². The molecule has 0 aromatic heterocycles. The van der Waals surface area contributed by atoms with Gasteiger partial charge in [0.1, 0.15) is 5.82 Å². The molecule has 0 amide bonds. The van der Waals surface area contributed by atoms with Crippen LogP contribution in [-0.4, -0.2) is 0 Å². The van der Waals surface area contributed by atoms with Crippen molar-refractivity contribution < 1.29 is 4.39 Å². The van der Waals surface area contributed by atoms with Gasteiger partial charge in [-0.2, -0.15) is 0 Å². The first-order valence-electron chi connectivity index (χ1n) is 7.03. The molecule has 1 aromatic carbocycles. The van der Waals surface area contributed by atoms with Crippen molar-refractivity contribution in [3.8, 4) is 0 Å². The van der Waals surface area contributed by atoms with Gasteiger partial charge in [0.2, 0.25) is 0 Å². The van der Waals surface area contributed by atoms with Crippen LogP contribution in [0, 0.1) is 11.7 Å². The molecule has 0 heterocycles. The Hall–Kier alpha value is -0.640. The van der Waals surface area contributed by atoms with Gasteiger partial charge in [0, 0.05) is 6.04 Å². The number of nitrogens with one attached hydrogen (secondary N) is 1. The average Bonchev–Trinajstić information content (AvgIpc) is 2.42. The van der Waals surface area contributed by atoms with Crippen LogP contribution < -0.4 is 11.3 Å². The van der Waals surface area contributed by atoms with Crippen molar-refractivity contribution in [3.05, 3.63) is 34.6 Å². The third-order valence-electron chi connectivity index (χ3n) is 3.66. The molecule has 2 atom stereocenters. The van der Waals surface area contributed by atoms with Gasteiger partial charge in [-0.1, -0.05) is 57.2 Å². The molecule has 0 radical (unpaired) electrons. The van der Waals surface area contributed by atoms with Crippen molar-refractivity contribution in [2.24, 2.45) is 11.8 Å². The molecule has 0 saturated heterocycles. The summed E-state index contributed by atoms with van der Waals surface area (Å²) >= 11 is 5.70. The normalized spacial score (nSPS) is 14.4. The summed E-state index contributed by atoms with van der Waals surface area (Å²) in [6, 6.07) is 4.87.